The summed E-state index contributed by atoms with van der Waals surface area (Å²) in [5.74, 6) is 1.97. The number of hydrogen-bond acceptors (Lipinski definition) is 8. The Balaban J connectivity index is 1.41. The Morgan fingerprint density at radius 3 is 2.45 bits per heavy atom. The first-order chi connectivity index (χ1) is 18.2. The number of nitrogens with zero attached hydrogens (tertiary/aromatic N) is 6. The van der Waals surface area contributed by atoms with E-state index in [0.717, 1.165) is 31.6 Å². The molecule has 2 aromatic heterocycles. The second-order valence-corrected chi connectivity index (χ2v) is 11.2. The van der Waals surface area contributed by atoms with E-state index in [4.69, 9.17) is 9.47 Å². The van der Waals surface area contributed by atoms with Crippen LogP contribution in [0.1, 0.15) is 49.3 Å². The van der Waals surface area contributed by atoms with E-state index in [1.165, 1.54) is 16.8 Å². The molecule has 1 saturated heterocycles. The monoisotopic (exact) mass is 515 g/mol. The topological polar surface area (TPSA) is 101 Å². The molecule has 4 aromatic rings. The van der Waals surface area contributed by atoms with Gasteiger partial charge in [-0.3, -0.25) is 9.69 Å². The number of hydrogen-bond donors (Lipinski definition) is 1. The van der Waals surface area contributed by atoms with Crippen molar-refractivity contribution < 1.29 is 9.47 Å². The van der Waals surface area contributed by atoms with Gasteiger partial charge in [0.25, 0.3) is 5.56 Å². The summed E-state index contributed by atoms with van der Waals surface area (Å²) in [6.07, 6.45) is 0. The van der Waals surface area contributed by atoms with Gasteiger partial charge in [-0.25, -0.2) is 4.68 Å². The molecule has 0 aliphatic carbocycles. The summed E-state index contributed by atoms with van der Waals surface area (Å²) in [6.45, 7) is 13.8. The van der Waals surface area contributed by atoms with Gasteiger partial charge in [0.2, 0.25) is 6.79 Å². The van der Waals surface area contributed by atoms with Crippen LogP contribution in [0.3, 0.4) is 0 Å². The summed E-state index contributed by atoms with van der Waals surface area (Å²) in [7, 11) is 0. The number of piperazine rings is 1. The van der Waals surface area contributed by atoms with Crippen molar-refractivity contribution in [1.82, 2.24) is 30.1 Å². The highest BCUT2D eigenvalue weighted by Crippen LogP contribution is 2.37. The molecule has 1 N–H and O–H groups in total. The van der Waals surface area contributed by atoms with E-state index < -0.39 is 6.04 Å². The maximum absolute atomic E-state index is 13.6. The van der Waals surface area contributed by atoms with Crippen LogP contribution < -0.4 is 19.9 Å². The lowest BCUT2D eigenvalue weighted by atomic mass is 10.0. The van der Waals surface area contributed by atoms with Crippen molar-refractivity contribution in [2.75, 3.05) is 37.9 Å². The average Bonchev–Trinajstić information content (AvgIpc) is 3.55. The van der Waals surface area contributed by atoms with Gasteiger partial charge in [0.05, 0.1) is 11.1 Å². The fraction of sp³-hybridized carbons (Fsp3) is 0.429. The van der Waals surface area contributed by atoms with Crippen LogP contribution in [0.15, 0.2) is 41.2 Å². The van der Waals surface area contributed by atoms with Crippen molar-refractivity contribution in [2.24, 2.45) is 0 Å². The molecule has 198 valence electrons. The van der Waals surface area contributed by atoms with Gasteiger partial charge in [-0.1, -0.05) is 12.1 Å². The Bertz CT molecular complexity index is 1560. The molecule has 4 heterocycles. The van der Waals surface area contributed by atoms with Crippen molar-refractivity contribution in [3.8, 4) is 11.5 Å². The maximum Gasteiger partial charge on any atom is 0.253 e. The van der Waals surface area contributed by atoms with E-state index in [1.54, 1.807) is 0 Å². The van der Waals surface area contributed by atoms with Gasteiger partial charge < -0.3 is 19.4 Å². The molecule has 0 saturated carbocycles. The predicted molar refractivity (Wildman–Crippen MR) is 145 cm³/mol. The Kier molecular flexibility index (Phi) is 5.86. The largest absolute Gasteiger partial charge is 0.454 e. The first-order valence-corrected chi connectivity index (χ1v) is 13.0. The van der Waals surface area contributed by atoms with E-state index >= 15 is 0 Å². The number of aryl methyl sites for hydroxylation is 2. The van der Waals surface area contributed by atoms with Crippen molar-refractivity contribution in [3.63, 3.8) is 0 Å². The number of tetrazole rings is 1. The van der Waals surface area contributed by atoms with E-state index in [0.29, 0.717) is 28.4 Å². The number of H-pyrrole nitrogens is 1. The number of benzene rings is 2. The van der Waals surface area contributed by atoms with Crippen LogP contribution in [0.25, 0.3) is 10.9 Å². The first kappa shape index (κ1) is 24.4. The highest BCUT2D eigenvalue weighted by Gasteiger charge is 2.35. The number of aromatic amines is 1. The predicted octanol–water partition coefficient (Wildman–Crippen LogP) is 3.53. The summed E-state index contributed by atoms with van der Waals surface area (Å²) in [6, 6.07) is 11.8. The van der Waals surface area contributed by atoms with Gasteiger partial charge in [-0.15, -0.1) is 5.10 Å². The Morgan fingerprint density at radius 2 is 1.71 bits per heavy atom. The maximum atomic E-state index is 13.6. The Morgan fingerprint density at radius 1 is 0.974 bits per heavy atom. The normalized spacial score (nSPS) is 16.8. The summed E-state index contributed by atoms with van der Waals surface area (Å²) >= 11 is 0. The molecule has 0 amide bonds. The molecule has 2 aliphatic rings. The molecule has 10 nitrogen and oxygen atoms in total. The lowest BCUT2D eigenvalue weighted by Crippen LogP contribution is -2.49. The van der Waals surface area contributed by atoms with Crippen LogP contribution in [-0.4, -0.2) is 63.1 Å². The minimum atomic E-state index is -0.413. The van der Waals surface area contributed by atoms with Crippen LogP contribution in [0.2, 0.25) is 0 Å². The number of rotatable bonds is 4. The van der Waals surface area contributed by atoms with Crippen LogP contribution >= 0.6 is 0 Å². The molecule has 1 fully saturated rings. The number of anilines is 1. The minimum absolute atomic E-state index is 0.165. The smallest absolute Gasteiger partial charge is 0.253 e. The van der Waals surface area contributed by atoms with E-state index in [2.05, 4.69) is 83.1 Å². The van der Waals surface area contributed by atoms with E-state index in [-0.39, 0.29) is 17.9 Å². The molecule has 10 heteroatoms. The lowest BCUT2D eigenvalue weighted by Gasteiger charge is -2.40. The molecule has 6 rings (SSSR count). The average molecular weight is 516 g/mol. The zero-order valence-corrected chi connectivity index (χ0v) is 22.5. The van der Waals surface area contributed by atoms with Crippen molar-refractivity contribution in [1.29, 1.82) is 0 Å². The summed E-state index contributed by atoms with van der Waals surface area (Å²) < 4.78 is 12.9. The zero-order chi connectivity index (χ0) is 26.6. The molecule has 2 aliphatic heterocycles. The number of nitrogens with one attached hydrogen (secondary N) is 1. The second kappa shape index (κ2) is 9.13. The minimum Gasteiger partial charge on any atom is -0.454 e. The first-order valence-electron chi connectivity index (χ1n) is 13.0. The van der Waals surface area contributed by atoms with E-state index in [1.807, 2.05) is 22.9 Å². The lowest BCUT2D eigenvalue weighted by molar-refractivity contribution is 0.174. The number of ether oxygens (including phenoxy) is 2. The molecule has 1 atom stereocenters. The SMILES string of the molecule is Cc1ccc(C)c(N2CCN(C(c3cc4cc5c(cc4[nH]c3=O)OCO5)c3nnnn3C(C)(C)C)CC2)c1. The number of fused-ring (bicyclic) bond motifs is 2. The van der Waals surface area contributed by atoms with Gasteiger partial charge in [0.1, 0.15) is 6.04 Å². The van der Waals surface area contributed by atoms with Crippen LogP contribution in [0, 0.1) is 13.8 Å². The second-order valence-electron chi connectivity index (χ2n) is 11.2. The number of pyridine rings is 1. The van der Waals surface area contributed by atoms with Crippen molar-refractivity contribution in [2.45, 2.75) is 46.2 Å². The molecule has 2 aromatic carbocycles. The molecule has 1 unspecified atom stereocenters. The van der Waals surface area contributed by atoms with Crippen molar-refractivity contribution >= 4 is 16.6 Å². The highest BCUT2D eigenvalue weighted by atomic mass is 16.7. The molecular weight excluding hydrogens is 482 g/mol. The van der Waals surface area contributed by atoms with Crippen LogP contribution in [0.4, 0.5) is 5.69 Å². The van der Waals surface area contributed by atoms with Gasteiger partial charge in [0, 0.05) is 48.9 Å². The zero-order valence-electron chi connectivity index (χ0n) is 22.5. The fourth-order valence-electron chi connectivity index (χ4n) is 5.44. The Hall–Kier alpha value is -3.92. The molecule has 0 spiro atoms. The standard InChI is InChI=1S/C28H33N7O3/c1-17-6-7-18(2)22(12-17)33-8-10-34(11-9-33)25(26-30-31-32-35(26)28(3,4)5)20-13-19-14-23-24(38-16-37-23)15-21(19)29-27(20)36/h6-7,12-15,25H,8-11,16H2,1-5H3,(H,29,36). The summed E-state index contributed by atoms with van der Waals surface area (Å²) in [5.41, 5.74) is 4.57. The quantitative estimate of drug-likeness (QED) is 0.441. The molecule has 0 radical (unpaired) electrons. The third-order valence-corrected chi connectivity index (χ3v) is 7.42. The number of aromatic nitrogens is 5. The fourth-order valence-corrected chi connectivity index (χ4v) is 5.44. The van der Waals surface area contributed by atoms with Crippen molar-refractivity contribution in [3.05, 3.63) is 69.3 Å². The third kappa shape index (κ3) is 4.28. The van der Waals surface area contributed by atoms with E-state index in [9.17, 15) is 4.79 Å². The molecule has 38 heavy (non-hydrogen) atoms. The molecular formula is C28H33N7O3. The van der Waals surface area contributed by atoms with Crippen LogP contribution in [-0.2, 0) is 5.54 Å². The Labute approximate surface area is 221 Å². The third-order valence-electron chi connectivity index (χ3n) is 7.42. The highest BCUT2D eigenvalue weighted by molar-refractivity contribution is 5.83. The van der Waals surface area contributed by atoms with Gasteiger partial charge in [-0.05, 0) is 74.4 Å². The van der Waals surface area contributed by atoms with Crippen LogP contribution in [0.5, 0.6) is 11.5 Å². The van der Waals surface area contributed by atoms with Gasteiger partial charge >= 0.3 is 0 Å². The van der Waals surface area contributed by atoms with Gasteiger partial charge in [0.15, 0.2) is 17.3 Å². The van der Waals surface area contributed by atoms with Gasteiger partial charge in [-0.2, -0.15) is 0 Å². The summed E-state index contributed by atoms with van der Waals surface area (Å²) in [5, 5.41) is 13.7. The summed E-state index contributed by atoms with van der Waals surface area (Å²) in [4.78, 5) is 21.4. The molecule has 0 bridgehead atoms.